The van der Waals surface area contributed by atoms with E-state index in [1.165, 1.54) is 46.4 Å². The van der Waals surface area contributed by atoms with Crippen molar-refractivity contribution in [1.29, 1.82) is 0 Å². The normalized spacial score (nSPS) is 11.7. The number of para-hydroxylation sites is 1. The summed E-state index contributed by atoms with van der Waals surface area (Å²) in [4.78, 5) is 59.2. The van der Waals surface area contributed by atoms with E-state index in [9.17, 15) is 24.5 Å². The van der Waals surface area contributed by atoms with Crippen molar-refractivity contribution in [2.75, 3.05) is 20.3 Å². The Labute approximate surface area is 209 Å². The largest absolute Gasteiger partial charge is 0.462 e. The number of pyridine rings is 2. The molecule has 0 saturated heterocycles. The highest BCUT2D eigenvalue weighted by atomic mass is 16.6. The van der Waals surface area contributed by atoms with Crippen molar-refractivity contribution in [1.82, 2.24) is 14.0 Å². The first kappa shape index (κ1) is 25.4. The van der Waals surface area contributed by atoms with Gasteiger partial charge in [0, 0.05) is 25.9 Å². The van der Waals surface area contributed by atoms with Gasteiger partial charge in [-0.2, -0.15) is 4.99 Å². The maximum absolute atomic E-state index is 13.4. The molecule has 12 heteroatoms. The fourth-order valence-corrected chi connectivity index (χ4v) is 3.93. The number of hydrogen-bond donors (Lipinski definition) is 0. The molecule has 37 heavy (non-hydrogen) atoms. The van der Waals surface area contributed by atoms with Gasteiger partial charge in [0.2, 0.25) is 0 Å². The first-order valence-electron chi connectivity index (χ1n) is 11.3. The number of carbonyl (C=O) groups is 2. The second-order valence-electron chi connectivity index (χ2n) is 7.98. The van der Waals surface area contributed by atoms with E-state index in [-0.39, 0.29) is 47.4 Å². The van der Waals surface area contributed by atoms with Gasteiger partial charge >= 0.3 is 5.97 Å². The number of esters is 1. The smallest absolute Gasteiger partial charge is 0.341 e. The number of aryl methyl sites for hydroxylation is 1. The molecule has 0 radical (unpaired) electrons. The quantitative estimate of drug-likeness (QED) is 0.161. The van der Waals surface area contributed by atoms with E-state index in [4.69, 9.17) is 9.47 Å². The molecule has 1 aromatic carbocycles. The Morgan fingerprint density at radius 1 is 1.14 bits per heavy atom. The molecule has 0 atom stereocenters. The first-order chi connectivity index (χ1) is 17.8. The van der Waals surface area contributed by atoms with Gasteiger partial charge < -0.3 is 14.0 Å². The molecule has 0 spiro atoms. The lowest BCUT2D eigenvalue weighted by atomic mass is 10.1. The molecular formula is C25H23N5O7. The number of ether oxygens (including phenoxy) is 2. The van der Waals surface area contributed by atoms with E-state index in [0.717, 1.165) is 5.56 Å². The zero-order chi connectivity index (χ0) is 26.7. The van der Waals surface area contributed by atoms with Crippen LogP contribution < -0.4 is 11.0 Å². The van der Waals surface area contributed by atoms with E-state index in [1.807, 2.05) is 0 Å². The number of nitro groups is 1. The Bertz CT molecular complexity index is 1690. The highest BCUT2D eigenvalue weighted by Crippen LogP contribution is 2.19. The van der Waals surface area contributed by atoms with E-state index in [1.54, 1.807) is 32.2 Å². The molecule has 0 saturated carbocycles. The van der Waals surface area contributed by atoms with Crippen LogP contribution in [0.2, 0.25) is 0 Å². The maximum atomic E-state index is 13.4. The average molecular weight is 505 g/mol. The van der Waals surface area contributed by atoms with Gasteiger partial charge in [-0.3, -0.25) is 24.1 Å². The van der Waals surface area contributed by atoms with Gasteiger partial charge in [0.25, 0.3) is 17.2 Å². The average Bonchev–Trinajstić information content (AvgIpc) is 2.88. The standard InChI is InChI=1S/C25H23N5O7/c1-4-37-25(33)18-14-17-21(26-20-15(2)8-7-11-29(20)24(17)32)28(12-13-36-3)22(18)27-23(31)16-9-5-6-10-19(16)30(34)35/h5-11,14H,4,12-13H2,1-3H3. The van der Waals surface area contributed by atoms with Crippen LogP contribution >= 0.6 is 0 Å². The van der Waals surface area contributed by atoms with Crippen molar-refractivity contribution < 1.29 is 24.0 Å². The Morgan fingerprint density at radius 2 is 1.89 bits per heavy atom. The molecule has 0 aliphatic carbocycles. The van der Waals surface area contributed by atoms with Gasteiger partial charge in [0.1, 0.15) is 22.4 Å². The summed E-state index contributed by atoms with van der Waals surface area (Å²) in [7, 11) is 1.47. The van der Waals surface area contributed by atoms with Gasteiger partial charge in [-0.1, -0.05) is 18.2 Å². The molecule has 3 aromatic heterocycles. The van der Waals surface area contributed by atoms with Gasteiger partial charge in [-0.25, -0.2) is 9.78 Å². The van der Waals surface area contributed by atoms with Crippen LogP contribution in [0, 0.1) is 17.0 Å². The van der Waals surface area contributed by atoms with Crippen LogP contribution in [0.5, 0.6) is 0 Å². The van der Waals surface area contributed by atoms with E-state index >= 15 is 0 Å². The third-order valence-corrected chi connectivity index (χ3v) is 5.66. The van der Waals surface area contributed by atoms with Crippen molar-refractivity contribution in [3.05, 3.63) is 91.3 Å². The van der Waals surface area contributed by atoms with Crippen LogP contribution in [0.3, 0.4) is 0 Å². The fourth-order valence-electron chi connectivity index (χ4n) is 3.93. The molecule has 4 aromatic rings. The van der Waals surface area contributed by atoms with E-state index in [2.05, 4.69) is 9.98 Å². The SMILES string of the molecule is CCOC(=O)c1cc2c(=O)n3cccc(C)c3nc2n(CCOC)c1=NC(=O)c1ccccc1[N+](=O)[O-]. The second kappa shape index (κ2) is 10.5. The lowest BCUT2D eigenvalue weighted by Crippen LogP contribution is -2.33. The molecule has 0 aliphatic heterocycles. The first-order valence-corrected chi connectivity index (χ1v) is 11.3. The van der Waals surface area contributed by atoms with Crippen molar-refractivity contribution in [2.45, 2.75) is 20.4 Å². The number of benzene rings is 1. The highest BCUT2D eigenvalue weighted by molar-refractivity contribution is 6.00. The fraction of sp³-hybridized carbons (Fsp3) is 0.240. The van der Waals surface area contributed by atoms with Crippen molar-refractivity contribution in [3.63, 3.8) is 0 Å². The third kappa shape index (κ3) is 4.74. The zero-order valence-electron chi connectivity index (χ0n) is 20.3. The number of nitrogens with zero attached hydrogens (tertiary/aromatic N) is 5. The van der Waals surface area contributed by atoms with E-state index < -0.39 is 28.0 Å². The van der Waals surface area contributed by atoms with Crippen molar-refractivity contribution in [3.8, 4) is 0 Å². The zero-order valence-corrected chi connectivity index (χ0v) is 20.3. The van der Waals surface area contributed by atoms with Gasteiger partial charge in [-0.05, 0) is 37.6 Å². The molecule has 0 aliphatic rings. The number of fused-ring (bicyclic) bond motifs is 2. The Balaban J connectivity index is 2.15. The Kier molecular flexibility index (Phi) is 7.20. The summed E-state index contributed by atoms with van der Waals surface area (Å²) in [6.07, 6.45) is 1.57. The van der Waals surface area contributed by atoms with Crippen LogP contribution in [-0.2, 0) is 16.0 Å². The Morgan fingerprint density at radius 3 is 2.59 bits per heavy atom. The lowest BCUT2D eigenvalue weighted by Gasteiger charge is -2.15. The predicted octanol–water partition coefficient (Wildman–Crippen LogP) is 2.43. The summed E-state index contributed by atoms with van der Waals surface area (Å²) < 4.78 is 13.2. The minimum Gasteiger partial charge on any atom is -0.462 e. The number of aromatic nitrogens is 3. The summed E-state index contributed by atoms with van der Waals surface area (Å²) in [6.45, 7) is 3.63. The molecule has 0 N–H and O–H groups in total. The van der Waals surface area contributed by atoms with Crippen molar-refractivity contribution >= 4 is 34.2 Å². The number of rotatable bonds is 7. The van der Waals surface area contributed by atoms with Gasteiger partial charge in [0.05, 0.1) is 23.5 Å². The summed E-state index contributed by atoms with van der Waals surface area (Å²) in [5.74, 6) is -1.77. The molecule has 12 nitrogen and oxygen atoms in total. The second-order valence-corrected chi connectivity index (χ2v) is 7.98. The number of nitro benzene ring substituents is 1. The Hall–Kier alpha value is -4.71. The third-order valence-electron chi connectivity index (χ3n) is 5.66. The maximum Gasteiger partial charge on any atom is 0.341 e. The van der Waals surface area contributed by atoms with Crippen LogP contribution in [0.1, 0.15) is 33.2 Å². The molecular weight excluding hydrogens is 482 g/mol. The molecule has 3 heterocycles. The van der Waals surface area contributed by atoms with Crippen LogP contribution in [0.25, 0.3) is 16.7 Å². The minimum absolute atomic E-state index is 0.0284. The molecule has 190 valence electrons. The number of hydrogen-bond acceptors (Lipinski definition) is 8. The summed E-state index contributed by atoms with van der Waals surface area (Å²) in [6, 6.07) is 10.1. The molecule has 0 fully saturated rings. The summed E-state index contributed by atoms with van der Waals surface area (Å²) >= 11 is 0. The molecule has 0 unspecified atom stereocenters. The minimum atomic E-state index is -0.947. The number of methoxy groups -OCH3 is 1. The summed E-state index contributed by atoms with van der Waals surface area (Å²) in [5, 5.41) is 11.6. The summed E-state index contributed by atoms with van der Waals surface area (Å²) in [5.41, 5.74) is -0.177. The monoisotopic (exact) mass is 505 g/mol. The van der Waals surface area contributed by atoms with Crippen LogP contribution in [-0.4, -0.2) is 51.1 Å². The number of amides is 1. The van der Waals surface area contributed by atoms with Crippen molar-refractivity contribution in [2.24, 2.45) is 4.99 Å². The molecule has 1 amide bonds. The van der Waals surface area contributed by atoms with Gasteiger partial charge in [-0.15, -0.1) is 0 Å². The van der Waals surface area contributed by atoms with Crippen LogP contribution in [0.15, 0.2) is 58.4 Å². The lowest BCUT2D eigenvalue weighted by molar-refractivity contribution is -0.385. The highest BCUT2D eigenvalue weighted by Gasteiger charge is 2.23. The van der Waals surface area contributed by atoms with Crippen LogP contribution in [0.4, 0.5) is 5.69 Å². The van der Waals surface area contributed by atoms with E-state index in [0.29, 0.717) is 5.65 Å². The van der Waals surface area contributed by atoms with Gasteiger partial charge in [0.15, 0.2) is 5.49 Å². The predicted molar refractivity (Wildman–Crippen MR) is 133 cm³/mol. The molecule has 4 rings (SSSR count). The molecule has 0 bridgehead atoms. The number of carbonyl (C=O) groups excluding carboxylic acids is 2. The topological polar surface area (TPSA) is 147 Å².